The first-order valence-electron chi connectivity index (χ1n) is 11.0. The van der Waals surface area contributed by atoms with E-state index in [1.54, 1.807) is 0 Å². The highest BCUT2D eigenvalue weighted by molar-refractivity contribution is 6.29. The molecule has 0 aliphatic carbocycles. The Morgan fingerprint density at radius 1 is 0.633 bits per heavy atom. The van der Waals surface area contributed by atoms with Crippen LogP contribution in [0, 0.1) is 11.8 Å². The maximum absolute atomic E-state index is 11.8. The highest BCUT2D eigenvalue weighted by Crippen LogP contribution is 2.14. The molecule has 2 atom stereocenters. The number of benzene rings is 2. The molecule has 2 unspecified atom stereocenters. The maximum Gasteiger partial charge on any atom is 0.417 e. The molecule has 4 nitrogen and oxygen atoms in total. The van der Waals surface area contributed by atoms with Crippen LogP contribution in [0.1, 0.15) is 50.7 Å². The van der Waals surface area contributed by atoms with Crippen LogP contribution in [0.15, 0.2) is 60.7 Å². The Hall–Kier alpha value is -2.62. The lowest BCUT2D eigenvalue weighted by atomic mass is 9.99. The fourth-order valence-corrected chi connectivity index (χ4v) is 3.23. The van der Waals surface area contributed by atoms with E-state index in [9.17, 15) is 9.59 Å². The summed E-state index contributed by atoms with van der Waals surface area (Å²) in [5, 5.41) is 0. The van der Waals surface area contributed by atoms with Gasteiger partial charge in [0.05, 0.1) is 13.2 Å². The molecule has 0 fully saturated rings. The van der Waals surface area contributed by atoms with Gasteiger partial charge in [0.15, 0.2) is 0 Å². The molecular formula is C26H34O4. The highest BCUT2D eigenvalue weighted by atomic mass is 16.6. The van der Waals surface area contributed by atoms with Gasteiger partial charge in [0.1, 0.15) is 0 Å². The third kappa shape index (κ3) is 9.73. The summed E-state index contributed by atoms with van der Waals surface area (Å²) < 4.78 is 10.2. The molecule has 0 heterocycles. The minimum atomic E-state index is -0.887. The van der Waals surface area contributed by atoms with Crippen LogP contribution in [-0.4, -0.2) is 25.2 Å². The highest BCUT2D eigenvalue weighted by Gasteiger charge is 2.18. The molecule has 0 bridgehead atoms. The first kappa shape index (κ1) is 23.7. The summed E-state index contributed by atoms with van der Waals surface area (Å²) in [6.07, 6.45) is 5.52. The predicted molar refractivity (Wildman–Crippen MR) is 119 cm³/mol. The van der Waals surface area contributed by atoms with Crippen LogP contribution < -0.4 is 0 Å². The maximum atomic E-state index is 11.8. The molecule has 0 aromatic heterocycles. The number of esters is 2. The van der Waals surface area contributed by atoms with Crippen LogP contribution in [0.4, 0.5) is 0 Å². The van der Waals surface area contributed by atoms with Crippen molar-refractivity contribution in [2.45, 2.75) is 52.4 Å². The zero-order valence-electron chi connectivity index (χ0n) is 18.2. The zero-order chi connectivity index (χ0) is 21.6. The summed E-state index contributed by atoms with van der Waals surface area (Å²) in [6.45, 7) is 4.76. The number of rotatable bonds is 12. The summed E-state index contributed by atoms with van der Waals surface area (Å²) in [4.78, 5) is 23.6. The molecule has 0 spiro atoms. The molecule has 0 aliphatic rings. The Kier molecular flexibility index (Phi) is 10.7. The van der Waals surface area contributed by atoms with Crippen LogP contribution in [0.2, 0.25) is 0 Å². The zero-order valence-corrected chi connectivity index (χ0v) is 18.2. The molecule has 0 aliphatic heterocycles. The molecule has 2 aromatic carbocycles. The van der Waals surface area contributed by atoms with Crippen LogP contribution in [0.3, 0.4) is 0 Å². The number of carbonyl (C=O) groups excluding carboxylic acids is 2. The van der Waals surface area contributed by atoms with Crippen molar-refractivity contribution in [3.8, 4) is 0 Å². The van der Waals surface area contributed by atoms with Gasteiger partial charge >= 0.3 is 11.9 Å². The number of hydrogen-bond acceptors (Lipinski definition) is 4. The largest absolute Gasteiger partial charge is 0.457 e. The van der Waals surface area contributed by atoms with Gasteiger partial charge in [0.25, 0.3) is 0 Å². The van der Waals surface area contributed by atoms with E-state index < -0.39 is 11.9 Å². The number of aryl methyl sites for hydroxylation is 2. The first-order chi connectivity index (χ1) is 14.5. The summed E-state index contributed by atoms with van der Waals surface area (Å²) >= 11 is 0. The monoisotopic (exact) mass is 410 g/mol. The fraction of sp³-hybridized carbons (Fsp3) is 0.462. The van der Waals surface area contributed by atoms with Crippen molar-refractivity contribution in [3.63, 3.8) is 0 Å². The number of ether oxygens (including phenoxy) is 2. The van der Waals surface area contributed by atoms with Gasteiger partial charge in [-0.15, -0.1) is 0 Å². The van der Waals surface area contributed by atoms with Gasteiger partial charge in [-0.3, -0.25) is 0 Å². The lowest BCUT2D eigenvalue weighted by Gasteiger charge is -2.13. The van der Waals surface area contributed by atoms with Crippen LogP contribution in [0.5, 0.6) is 0 Å². The third-order valence-electron chi connectivity index (χ3n) is 5.39. The Balaban J connectivity index is 1.52. The molecule has 162 valence electrons. The van der Waals surface area contributed by atoms with Gasteiger partial charge in [-0.1, -0.05) is 74.5 Å². The Labute approximate surface area is 180 Å². The SMILES string of the molecule is CC(CCOC(=O)C(=O)OCCC(C)CCc1ccccc1)CCc1ccccc1. The number of hydrogen-bond donors (Lipinski definition) is 0. The van der Waals surface area contributed by atoms with Crippen LogP contribution in [0.25, 0.3) is 0 Å². The second-order valence-corrected chi connectivity index (χ2v) is 8.11. The first-order valence-corrected chi connectivity index (χ1v) is 11.0. The standard InChI is InChI=1S/C26H34O4/c1-21(13-15-23-9-5-3-6-10-23)17-19-29-25(27)26(28)30-20-18-22(2)14-16-24-11-7-4-8-12-24/h3-12,21-22H,13-20H2,1-2H3. The second kappa shape index (κ2) is 13.6. The van der Waals surface area contributed by atoms with Gasteiger partial charge in [-0.2, -0.15) is 0 Å². The molecule has 0 N–H and O–H groups in total. The van der Waals surface area contributed by atoms with E-state index >= 15 is 0 Å². The van der Waals surface area contributed by atoms with Crippen LogP contribution >= 0.6 is 0 Å². The Morgan fingerprint density at radius 2 is 1.00 bits per heavy atom. The van der Waals surface area contributed by atoms with Crippen molar-refractivity contribution < 1.29 is 19.1 Å². The number of carbonyl (C=O) groups is 2. The molecule has 0 amide bonds. The normalized spacial score (nSPS) is 12.7. The minimum Gasteiger partial charge on any atom is -0.457 e. The summed E-state index contributed by atoms with van der Waals surface area (Å²) in [6, 6.07) is 20.6. The summed E-state index contributed by atoms with van der Waals surface area (Å²) in [7, 11) is 0. The lowest BCUT2D eigenvalue weighted by molar-refractivity contribution is -0.168. The molecule has 0 saturated heterocycles. The average molecular weight is 411 g/mol. The third-order valence-corrected chi connectivity index (χ3v) is 5.39. The minimum absolute atomic E-state index is 0.247. The topological polar surface area (TPSA) is 52.6 Å². The van der Waals surface area contributed by atoms with E-state index in [1.165, 1.54) is 11.1 Å². The van der Waals surface area contributed by atoms with Crippen molar-refractivity contribution in [1.82, 2.24) is 0 Å². The van der Waals surface area contributed by atoms with E-state index in [-0.39, 0.29) is 13.2 Å². The van der Waals surface area contributed by atoms with Crippen molar-refractivity contribution in [2.75, 3.05) is 13.2 Å². The second-order valence-electron chi connectivity index (χ2n) is 8.11. The molecule has 30 heavy (non-hydrogen) atoms. The molecule has 4 heteroatoms. The molecule has 0 saturated carbocycles. The molecule has 2 rings (SSSR count). The van der Waals surface area contributed by atoms with Gasteiger partial charge < -0.3 is 9.47 Å². The van der Waals surface area contributed by atoms with E-state index in [1.807, 2.05) is 36.4 Å². The van der Waals surface area contributed by atoms with Crippen LogP contribution in [-0.2, 0) is 31.9 Å². The molecule has 2 aromatic rings. The average Bonchev–Trinajstić information content (AvgIpc) is 2.77. The predicted octanol–water partition coefficient (Wildman–Crippen LogP) is 5.39. The lowest BCUT2D eigenvalue weighted by Crippen LogP contribution is -2.22. The quantitative estimate of drug-likeness (QED) is 0.348. The van der Waals surface area contributed by atoms with Gasteiger partial charge in [-0.25, -0.2) is 9.59 Å². The molecular weight excluding hydrogens is 376 g/mol. The summed E-state index contributed by atoms with van der Waals surface area (Å²) in [5.41, 5.74) is 2.62. The smallest absolute Gasteiger partial charge is 0.417 e. The van der Waals surface area contributed by atoms with Crippen molar-refractivity contribution in [2.24, 2.45) is 11.8 Å². The van der Waals surface area contributed by atoms with E-state index in [0.29, 0.717) is 11.8 Å². The summed E-state index contributed by atoms with van der Waals surface area (Å²) in [5.74, 6) is -0.941. The van der Waals surface area contributed by atoms with Crippen molar-refractivity contribution in [1.29, 1.82) is 0 Å². The van der Waals surface area contributed by atoms with Gasteiger partial charge in [-0.05, 0) is 61.5 Å². The van der Waals surface area contributed by atoms with Gasteiger partial charge in [0, 0.05) is 0 Å². The van der Waals surface area contributed by atoms with Gasteiger partial charge in [0.2, 0.25) is 0 Å². The Morgan fingerprint density at radius 3 is 1.37 bits per heavy atom. The Bertz CT molecular complexity index is 677. The fourth-order valence-electron chi connectivity index (χ4n) is 3.23. The van der Waals surface area contributed by atoms with E-state index in [4.69, 9.17) is 9.47 Å². The van der Waals surface area contributed by atoms with Crippen molar-refractivity contribution in [3.05, 3.63) is 71.8 Å². The molecule has 0 radical (unpaired) electrons. The van der Waals surface area contributed by atoms with E-state index in [0.717, 1.165) is 38.5 Å². The van der Waals surface area contributed by atoms with Crippen molar-refractivity contribution >= 4 is 11.9 Å². The van der Waals surface area contributed by atoms with E-state index in [2.05, 4.69) is 38.1 Å².